The molecular formula is C22H22ClN3O2. The highest BCUT2D eigenvalue weighted by molar-refractivity contribution is 6.30. The van der Waals surface area contributed by atoms with E-state index in [2.05, 4.69) is 22.3 Å². The molecule has 0 spiro atoms. The van der Waals surface area contributed by atoms with E-state index in [4.69, 9.17) is 21.3 Å². The summed E-state index contributed by atoms with van der Waals surface area (Å²) in [5.41, 5.74) is 1.42. The number of amides is 1. The topological polar surface area (TPSA) is 54.5 Å². The average Bonchev–Trinajstić information content (AvgIpc) is 2.72. The lowest BCUT2D eigenvalue weighted by atomic mass is 10.1. The minimum atomic E-state index is -0.244. The van der Waals surface area contributed by atoms with Gasteiger partial charge in [-0.3, -0.25) is 4.79 Å². The highest BCUT2D eigenvalue weighted by Crippen LogP contribution is 2.27. The Labute approximate surface area is 169 Å². The Morgan fingerprint density at radius 2 is 1.89 bits per heavy atom. The maximum Gasteiger partial charge on any atom is 0.262 e. The molecular weight excluding hydrogens is 374 g/mol. The fraction of sp³-hybridized carbons (Fsp3) is 0.273. The summed E-state index contributed by atoms with van der Waals surface area (Å²) in [6, 6.07) is 16.9. The molecule has 2 heterocycles. The van der Waals surface area contributed by atoms with Crippen molar-refractivity contribution >= 4 is 39.9 Å². The van der Waals surface area contributed by atoms with Crippen LogP contribution < -0.4 is 15.0 Å². The number of fused-ring (bicyclic) bond motifs is 1. The minimum absolute atomic E-state index is 0.0960. The van der Waals surface area contributed by atoms with E-state index in [0.717, 1.165) is 29.8 Å². The summed E-state index contributed by atoms with van der Waals surface area (Å²) in [6.07, 6.45) is 3.67. The summed E-state index contributed by atoms with van der Waals surface area (Å²) in [5, 5.41) is 4.35. The summed E-state index contributed by atoms with van der Waals surface area (Å²) >= 11 is 5.95. The van der Waals surface area contributed by atoms with E-state index in [1.165, 1.54) is 19.3 Å². The zero-order chi connectivity index (χ0) is 19.3. The molecule has 3 aromatic rings. The number of hydrogen-bond donors (Lipinski definition) is 1. The summed E-state index contributed by atoms with van der Waals surface area (Å²) in [7, 11) is 0. The van der Waals surface area contributed by atoms with E-state index in [-0.39, 0.29) is 12.5 Å². The van der Waals surface area contributed by atoms with Gasteiger partial charge in [0.05, 0.1) is 0 Å². The lowest BCUT2D eigenvalue weighted by Gasteiger charge is -2.28. The third kappa shape index (κ3) is 4.37. The quantitative estimate of drug-likeness (QED) is 0.667. The van der Waals surface area contributed by atoms with Crippen LogP contribution in [0.4, 0.5) is 11.5 Å². The van der Waals surface area contributed by atoms with Gasteiger partial charge in [-0.2, -0.15) is 0 Å². The molecule has 0 unspecified atom stereocenters. The number of carbonyl (C=O) groups excluding carboxylic acids is 1. The molecule has 1 aliphatic rings. The molecule has 28 heavy (non-hydrogen) atoms. The van der Waals surface area contributed by atoms with Gasteiger partial charge in [0.15, 0.2) is 6.61 Å². The molecule has 0 aliphatic carbocycles. The Hall–Kier alpha value is -2.79. The van der Waals surface area contributed by atoms with Gasteiger partial charge in [-0.15, -0.1) is 0 Å². The first-order valence-electron chi connectivity index (χ1n) is 9.52. The predicted molar refractivity (Wildman–Crippen MR) is 113 cm³/mol. The fourth-order valence-electron chi connectivity index (χ4n) is 3.43. The van der Waals surface area contributed by atoms with Crippen molar-refractivity contribution in [2.75, 3.05) is 29.9 Å². The fourth-order valence-corrected chi connectivity index (χ4v) is 3.62. The van der Waals surface area contributed by atoms with Crippen LogP contribution in [0, 0.1) is 0 Å². The van der Waals surface area contributed by atoms with Crippen molar-refractivity contribution in [2.45, 2.75) is 19.3 Å². The van der Waals surface area contributed by atoms with Crippen molar-refractivity contribution in [1.29, 1.82) is 0 Å². The highest BCUT2D eigenvalue weighted by Gasteiger charge is 2.14. The molecule has 0 radical (unpaired) electrons. The molecule has 0 atom stereocenters. The molecule has 1 aromatic heterocycles. The monoisotopic (exact) mass is 395 g/mol. The number of ether oxygens (including phenoxy) is 1. The second kappa shape index (κ2) is 8.48. The van der Waals surface area contributed by atoms with Gasteiger partial charge in [0.2, 0.25) is 0 Å². The number of pyridine rings is 1. The van der Waals surface area contributed by atoms with Crippen molar-refractivity contribution < 1.29 is 9.53 Å². The zero-order valence-corrected chi connectivity index (χ0v) is 16.3. The summed E-state index contributed by atoms with van der Waals surface area (Å²) in [6.45, 7) is 1.97. The van der Waals surface area contributed by atoms with E-state index < -0.39 is 0 Å². The molecule has 2 aromatic carbocycles. The maximum atomic E-state index is 12.2. The van der Waals surface area contributed by atoms with Crippen molar-refractivity contribution in [3.05, 3.63) is 59.6 Å². The molecule has 1 amide bonds. The first kappa shape index (κ1) is 18.6. The zero-order valence-electron chi connectivity index (χ0n) is 15.5. The third-order valence-corrected chi connectivity index (χ3v) is 5.05. The number of piperidine rings is 1. The van der Waals surface area contributed by atoms with Crippen LogP contribution in [0.15, 0.2) is 54.6 Å². The van der Waals surface area contributed by atoms with Gasteiger partial charge < -0.3 is 15.0 Å². The second-order valence-corrected chi connectivity index (χ2v) is 7.33. The summed E-state index contributed by atoms with van der Waals surface area (Å²) in [5.74, 6) is 1.33. The summed E-state index contributed by atoms with van der Waals surface area (Å²) in [4.78, 5) is 19.4. The number of carbonyl (C=O) groups is 1. The molecule has 5 nitrogen and oxygen atoms in total. The number of hydrogen-bond acceptors (Lipinski definition) is 4. The van der Waals surface area contributed by atoms with E-state index >= 15 is 0 Å². The van der Waals surface area contributed by atoms with Gasteiger partial charge in [-0.25, -0.2) is 4.98 Å². The SMILES string of the molecule is O=C(COc1cccc2ccc(N3CCCCC3)nc12)Nc1cccc(Cl)c1. The molecule has 1 saturated heterocycles. The van der Waals surface area contributed by atoms with E-state index in [9.17, 15) is 4.79 Å². The number of nitrogens with zero attached hydrogens (tertiary/aromatic N) is 2. The van der Waals surface area contributed by atoms with Crippen LogP contribution in [0.1, 0.15) is 19.3 Å². The van der Waals surface area contributed by atoms with Crippen molar-refractivity contribution in [1.82, 2.24) is 4.98 Å². The first-order valence-corrected chi connectivity index (χ1v) is 9.90. The maximum absolute atomic E-state index is 12.2. The Kier molecular flexibility index (Phi) is 5.63. The summed E-state index contributed by atoms with van der Waals surface area (Å²) < 4.78 is 5.80. The van der Waals surface area contributed by atoms with Gasteiger partial charge in [0.25, 0.3) is 5.91 Å². The Morgan fingerprint density at radius 1 is 1.07 bits per heavy atom. The second-order valence-electron chi connectivity index (χ2n) is 6.89. The lowest BCUT2D eigenvalue weighted by Crippen LogP contribution is -2.30. The number of anilines is 2. The van der Waals surface area contributed by atoms with Crippen LogP contribution in [0.25, 0.3) is 10.9 Å². The van der Waals surface area contributed by atoms with Crippen LogP contribution in [-0.4, -0.2) is 30.6 Å². The van der Waals surface area contributed by atoms with Crippen molar-refractivity contribution in [2.24, 2.45) is 0 Å². The predicted octanol–water partition coefficient (Wildman–Crippen LogP) is 4.90. The van der Waals surface area contributed by atoms with E-state index in [0.29, 0.717) is 16.5 Å². The Bertz CT molecular complexity index is 986. The largest absolute Gasteiger partial charge is 0.481 e. The van der Waals surface area contributed by atoms with Crippen LogP contribution in [0.2, 0.25) is 5.02 Å². The average molecular weight is 396 g/mol. The van der Waals surface area contributed by atoms with Gasteiger partial charge in [0, 0.05) is 29.2 Å². The van der Waals surface area contributed by atoms with E-state index in [1.807, 2.05) is 18.2 Å². The van der Waals surface area contributed by atoms with Gasteiger partial charge in [-0.1, -0.05) is 29.8 Å². The lowest BCUT2D eigenvalue weighted by molar-refractivity contribution is -0.118. The van der Waals surface area contributed by atoms with Crippen molar-refractivity contribution in [3.8, 4) is 5.75 Å². The van der Waals surface area contributed by atoms with E-state index in [1.54, 1.807) is 24.3 Å². The normalized spacial score (nSPS) is 14.1. The number of para-hydroxylation sites is 1. The minimum Gasteiger partial charge on any atom is -0.481 e. The Morgan fingerprint density at radius 3 is 2.71 bits per heavy atom. The molecule has 1 aliphatic heterocycles. The van der Waals surface area contributed by atoms with Gasteiger partial charge in [0.1, 0.15) is 17.1 Å². The van der Waals surface area contributed by atoms with Crippen LogP contribution in [0.3, 0.4) is 0 Å². The first-order chi connectivity index (χ1) is 13.7. The molecule has 1 fully saturated rings. The molecule has 0 saturated carbocycles. The molecule has 144 valence electrons. The number of rotatable bonds is 5. The van der Waals surface area contributed by atoms with Crippen LogP contribution in [-0.2, 0) is 4.79 Å². The van der Waals surface area contributed by atoms with Gasteiger partial charge in [-0.05, 0) is 55.7 Å². The standard InChI is InChI=1S/C22H22ClN3O2/c23-17-7-5-8-18(14-17)24-21(27)15-28-19-9-4-6-16-10-11-20(25-22(16)19)26-12-2-1-3-13-26/h4-11,14H,1-3,12-13,15H2,(H,24,27). The van der Waals surface area contributed by atoms with Crippen molar-refractivity contribution in [3.63, 3.8) is 0 Å². The highest BCUT2D eigenvalue weighted by atomic mass is 35.5. The van der Waals surface area contributed by atoms with Crippen LogP contribution >= 0.6 is 11.6 Å². The smallest absolute Gasteiger partial charge is 0.262 e. The Balaban J connectivity index is 1.48. The molecule has 4 rings (SSSR count). The van der Waals surface area contributed by atoms with Crippen LogP contribution in [0.5, 0.6) is 5.75 Å². The molecule has 0 bridgehead atoms. The molecule has 6 heteroatoms. The number of aromatic nitrogens is 1. The van der Waals surface area contributed by atoms with Gasteiger partial charge >= 0.3 is 0 Å². The third-order valence-electron chi connectivity index (χ3n) is 4.82. The number of nitrogens with one attached hydrogen (secondary N) is 1. The number of benzene rings is 2. The molecule has 1 N–H and O–H groups in total. The number of halogens is 1.